The predicted octanol–water partition coefficient (Wildman–Crippen LogP) is 1.58. The average molecular weight is 523 g/mol. The zero-order chi connectivity index (χ0) is 25.9. The third-order valence-corrected chi connectivity index (χ3v) is 5.44. The molecular weight excluding hydrogens is 503 g/mol. The zero-order valence-corrected chi connectivity index (χ0v) is 19.7. The van der Waals surface area contributed by atoms with Crippen molar-refractivity contribution in [3.05, 3.63) is 39.6 Å². The van der Waals surface area contributed by atoms with Crippen molar-refractivity contribution in [3.8, 4) is 0 Å². The molecule has 0 aliphatic heterocycles. The van der Waals surface area contributed by atoms with Gasteiger partial charge in [0.25, 0.3) is 5.91 Å². The maximum atomic E-state index is 12.6. The smallest absolute Gasteiger partial charge is 0.326 e. The lowest BCUT2D eigenvalue weighted by molar-refractivity contribution is -0.140. The lowest BCUT2D eigenvalue weighted by Gasteiger charge is -2.21. The van der Waals surface area contributed by atoms with Crippen molar-refractivity contribution in [1.82, 2.24) is 25.3 Å². The molecule has 1 aromatic carbocycles. The molecule has 3 aromatic rings. The number of hydrogen-bond acceptors (Lipinski definition) is 10. The SMILES string of the molecule is CN(Cc1cnc2nc(N)nc(N)c2n1)c1cc(Cl)c(C(=O)N[C@H](CCC(=O)O)C(=O)O)c(Cl)c1. The Morgan fingerprint density at radius 2 is 1.77 bits per heavy atom. The van der Waals surface area contributed by atoms with E-state index in [2.05, 4.69) is 25.3 Å². The molecular formula is C20H20Cl2N8O5. The number of nitrogens with zero attached hydrogens (tertiary/aromatic N) is 5. The van der Waals surface area contributed by atoms with E-state index in [0.29, 0.717) is 16.9 Å². The highest BCUT2D eigenvalue weighted by Crippen LogP contribution is 2.31. The molecule has 3 rings (SSSR count). The Morgan fingerprint density at radius 1 is 1.11 bits per heavy atom. The number of carbonyl (C=O) groups excluding carboxylic acids is 1. The van der Waals surface area contributed by atoms with Gasteiger partial charge in [0.15, 0.2) is 17.0 Å². The molecule has 1 atom stereocenters. The van der Waals surface area contributed by atoms with Gasteiger partial charge in [0.1, 0.15) is 6.04 Å². The van der Waals surface area contributed by atoms with E-state index in [1.165, 1.54) is 18.3 Å². The molecule has 0 aliphatic carbocycles. The van der Waals surface area contributed by atoms with Gasteiger partial charge in [0.2, 0.25) is 5.95 Å². The second-order valence-corrected chi connectivity index (χ2v) is 8.25. The second-order valence-electron chi connectivity index (χ2n) is 7.44. The van der Waals surface area contributed by atoms with Crippen LogP contribution in [0.15, 0.2) is 18.3 Å². The molecule has 0 unspecified atom stereocenters. The van der Waals surface area contributed by atoms with E-state index in [1.807, 2.05) is 0 Å². The Labute approximate surface area is 208 Å². The van der Waals surface area contributed by atoms with Crippen LogP contribution in [0.4, 0.5) is 17.5 Å². The van der Waals surface area contributed by atoms with Crippen LogP contribution in [0.25, 0.3) is 11.2 Å². The van der Waals surface area contributed by atoms with Gasteiger partial charge in [-0.05, 0) is 18.6 Å². The number of nitrogens with one attached hydrogen (secondary N) is 1. The number of benzene rings is 1. The molecule has 1 amide bonds. The van der Waals surface area contributed by atoms with E-state index < -0.39 is 30.3 Å². The van der Waals surface area contributed by atoms with Gasteiger partial charge in [-0.15, -0.1) is 0 Å². The highest BCUT2D eigenvalue weighted by molar-refractivity contribution is 6.40. The van der Waals surface area contributed by atoms with Gasteiger partial charge < -0.3 is 31.9 Å². The summed E-state index contributed by atoms with van der Waals surface area (Å²) in [6.45, 7) is 0.251. The molecule has 0 aliphatic rings. The van der Waals surface area contributed by atoms with Gasteiger partial charge in [0.05, 0.1) is 34.0 Å². The lowest BCUT2D eigenvalue weighted by Crippen LogP contribution is -2.41. The molecule has 0 bridgehead atoms. The Hall–Kier alpha value is -3.97. The van der Waals surface area contributed by atoms with Gasteiger partial charge >= 0.3 is 11.9 Å². The van der Waals surface area contributed by atoms with E-state index in [0.717, 1.165) is 0 Å². The minimum Gasteiger partial charge on any atom is -0.481 e. The molecule has 13 nitrogen and oxygen atoms in total. The van der Waals surface area contributed by atoms with Crippen LogP contribution >= 0.6 is 23.2 Å². The number of rotatable bonds is 9. The molecule has 0 fully saturated rings. The number of carbonyl (C=O) groups is 3. The fourth-order valence-corrected chi connectivity index (χ4v) is 3.79. The van der Waals surface area contributed by atoms with Gasteiger partial charge in [-0.25, -0.2) is 14.8 Å². The molecule has 184 valence electrons. The summed E-state index contributed by atoms with van der Waals surface area (Å²) in [4.78, 5) is 52.9. The van der Waals surface area contributed by atoms with Crippen molar-refractivity contribution in [3.63, 3.8) is 0 Å². The molecule has 15 heteroatoms. The van der Waals surface area contributed by atoms with E-state index in [9.17, 15) is 19.5 Å². The van der Waals surface area contributed by atoms with Crippen LogP contribution in [0.3, 0.4) is 0 Å². The Balaban J connectivity index is 1.79. The van der Waals surface area contributed by atoms with Gasteiger partial charge in [-0.2, -0.15) is 9.97 Å². The normalized spacial score (nSPS) is 11.7. The standard InChI is InChI=1S/C20H20Cl2N8O5/c1-30(7-8-6-25-17-15(26-8)16(23)28-20(24)29-17)9-4-10(21)14(11(22)5-9)18(33)27-12(19(34)35)2-3-13(31)32/h4-6,12H,2-3,7H2,1H3,(H,27,33)(H,31,32)(H,34,35)(H4,23,24,25,28,29)/t12-/m1/s1. The zero-order valence-electron chi connectivity index (χ0n) is 18.2. The number of fused-ring (bicyclic) bond motifs is 1. The van der Waals surface area contributed by atoms with Crippen LogP contribution in [0.2, 0.25) is 10.0 Å². The number of anilines is 3. The largest absolute Gasteiger partial charge is 0.481 e. The van der Waals surface area contributed by atoms with Crippen LogP contribution in [0, 0.1) is 0 Å². The molecule has 0 saturated heterocycles. The highest BCUT2D eigenvalue weighted by atomic mass is 35.5. The van der Waals surface area contributed by atoms with Crippen LogP contribution in [-0.4, -0.2) is 61.1 Å². The number of carboxylic acid groups (broad SMARTS) is 2. The first kappa shape index (κ1) is 25.6. The summed E-state index contributed by atoms with van der Waals surface area (Å²) in [6, 6.07) is 1.52. The summed E-state index contributed by atoms with van der Waals surface area (Å²) in [5.41, 5.74) is 12.9. The van der Waals surface area contributed by atoms with Crippen LogP contribution < -0.4 is 21.7 Å². The fraction of sp³-hybridized carbons (Fsp3) is 0.250. The molecule has 2 aromatic heterocycles. The lowest BCUT2D eigenvalue weighted by atomic mass is 10.1. The Morgan fingerprint density at radius 3 is 2.37 bits per heavy atom. The number of carboxylic acids is 2. The molecule has 0 radical (unpaired) electrons. The summed E-state index contributed by atoms with van der Waals surface area (Å²) in [6.07, 6.45) is 0.756. The van der Waals surface area contributed by atoms with Gasteiger partial charge in [-0.1, -0.05) is 23.2 Å². The minimum absolute atomic E-state index is 0.0147. The minimum atomic E-state index is -1.42. The number of aliphatic carboxylic acids is 2. The van der Waals surface area contributed by atoms with Gasteiger partial charge in [-0.3, -0.25) is 9.59 Å². The number of halogens is 2. The third-order valence-electron chi connectivity index (χ3n) is 4.85. The fourth-order valence-electron chi connectivity index (χ4n) is 3.15. The quantitative estimate of drug-likeness (QED) is 0.271. The summed E-state index contributed by atoms with van der Waals surface area (Å²) in [7, 11) is 1.73. The van der Waals surface area contributed by atoms with E-state index in [-0.39, 0.29) is 46.0 Å². The Kier molecular flexibility index (Phi) is 7.71. The first-order chi connectivity index (χ1) is 16.5. The van der Waals surface area contributed by atoms with Crippen molar-refractivity contribution in [2.45, 2.75) is 25.4 Å². The first-order valence-electron chi connectivity index (χ1n) is 9.96. The van der Waals surface area contributed by atoms with Crippen molar-refractivity contribution >= 4 is 69.7 Å². The van der Waals surface area contributed by atoms with E-state index in [1.54, 1.807) is 11.9 Å². The predicted molar refractivity (Wildman–Crippen MR) is 128 cm³/mol. The van der Waals surface area contributed by atoms with Crippen LogP contribution in [0.1, 0.15) is 28.9 Å². The maximum absolute atomic E-state index is 12.6. The van der Waals surface area contributed by atoms with Crippen LogP contribution in [-0.2, 0) is 16.1 Å². The number of nitrogen functional groups attached to an aromatic ring is 2. The molecule has 0 saturated carbocycles. The number of hydrogen-bond donors (Lipinski definition) is 5. The summed E-state index contributed by atoms with van der Waals surface area (Å²) < 4.78 is 0. The molecule has 0 spiro atoms. The van der Waals surface area contributed by atoms with Crippen molar-refractivity contribution in [2.75, 3.05) is 23.4 Å². The Bertz CT molecular complexity index is 1300. The number of aromatic nitrogens is 4. The second kappa shape index (κ2) is 10.5. The summed E-state index contributed by atoms with van der Waals surface area (Å²) in [5.74, 6) is -3.34. The summed E-state index contributed by atoms with van der Waals surface area (Å²) in [5, 5.41) is 20.2. The third kappa shape index (κ3) is 6.13. The first-order valence-corrected chi connectivity index (χ1v) is 10.7. The van der Waals surface area contributed by atoms with Crippen LogP contribution in [0.5, 0.6) is 0 Å². The molecule has 2 heterocycles. The van der Waals surface area contributed by atoms with Crippen molar-refractivity contribution in [1.29, 1.82) is 0 Å². The van der Waals surface area contributed by atoms with Gasteiger partial charge in [0, 0.05) is 19.2 Å². The molecule has 7 N–H and O–H groups in total. The highest BCUT2D eigenvalue weighted by Gasteiger charge is 2.25. The average Bonchev–Trinajstić information content (AvgIpc) is 2.76. The van der Waals surface area contributed by atoms with E-state index in [4.69, 9.17) is 39.8 Å². The monoisotopic (exact) mass is 522 g/mol. The topological polar surface area (TPSA) is 211 Å². The summed E-state index contributed by atoms with van der Waals surface area (Å²) >= 11 is 12.6. The van der Waals surface area contributed by atoms with E-state index >= 15 is 0 Å². The number of nitrogens with two attached hydrogens (primary N) is 2. The van der Waals surface area contributed by atoms with Crippen molar-refractivity contribution in [2.24, 2.45) is 0 Å². The number of amides is 1. The van der Waals surface area contributed by atoms with Crippen molar-refractivity contribution < 1.29 is 24.6 Å². The maximum Gasteiger partial charge on any atom is 0.326 e. The molecule has 35 heavy (non-hydrogen) atoms.